The number of benzene rings is 2. The van der Waals surface area contributed by atoms with E-state index in [1.165, 1.54) is 36.5 Å². The molecule has 2 aromatic rings. The van der Waals surface area contributed by atoms with Crippen molar-refractivity contribution in [2.45, 2.75) is 6.04 Å². The Morgan fingerprint density at radius 1 is 1.24 bits per heavy atom. The van der Waals surface area contributed by atoms with E-state index in [9.17, 15) is 19.7 Å². The lowest BCUT2D eigenvalue weighted by Crippen LogP contribution is -2.44. The molecule has 0 fully saturated rings. The van der Waals surface area contributed by atoms with E-state index in [4.69, 9.17) is 11.6 Å². The summed E-state index contributed by atoms with van der Waals surface area (Å²) < 4.78 is 0. The van der Waals surface area contributed by atoms with Crippen LogP contribution in [0.25, 0.3) is 0 Å². The summed E-state index contributed by atoms with van der Waals surface area (Å²) in [5, 5.41) is 16.4. The fourth-order valence-corrected chi connectivity index (χ4v) is 2.34. The van der Waals surface area contributed by atoms with Crippen LogP contribution in [0.15, 0.2) is 47.5 Å². The first-order valence-corrected chi connectivity index (χ1v) is 7.52. The number of anilines is 1. The Hall–Kier alpha value is -3.26. The van der Waals surface area contributed by atoms with Crippen LogP contribution in [-0.2, 0) is 4.79 Å². The van der Waals surface area contributed by atoms with Crippen molar-refractivity contribution in [3.05, 3.63) is 63.2 Å². The molecule has 0 radical (unpaired) electrons. The van der Waals surface area contributed by atoms with Crippen molar-refractivity contribution in [1.29, 1.82) is 0 Å². The lowest BCUT2D eigenvalue weighted by molar-refractivity contribution is -0.384. The Labute approximate surface area is 146 Å². The van der Waals surface area contributed by atoms with Gasteiger partial charge < -0.3 is 10.6 Å². The highest BCUT2D eigenvalue weighted by Crippen LogP contribution is 2.30. The van der Waals surface area contributed by atoms with Gasteiger partial charge in [0, 0.05) is 28.9 Å². The third kappa shape index (κ3) is 3.64. The van der Waals surface area contributed by atoms with Crippen LogP contribution in [-0.4, -0.2) is 29.0 Å². The average Bonchev–Trinajstić information content (AvgIpc) is 2.74. The number of carbonyl (C=O) groups is 2. The van der Waals surface area contributed by atoms with Gasteiger partial charge in [-0.3, -0.25) is 24.7 Å². The topological polar surface area (TPSA) is 114 Å². The second kappa shape index (κ2) is 6.70. The number of rotatable bonds is 3. The van der Waals surface area contributed by atoms with E-state index >= 15 is 0 Å². The predicted octanol–water partition coefficient (Wildman–Crippen LogP) is 2.70. The number of aliphatic imine (C=N–C) groups is 1. The van der Waals surface area contributed by atoms with E-state index < -0.39 is 22.8 Å². The second-order valence-electron chi connectivity index (χ2n) is 5.18. The molecule has 1 aliphatic rings. The van der Waals surface area contributed by atoms with Crippen LogP contribution in [0.3, 0.4) is 0 Å². The smallest absolute Gasteiger partial charge is 0.271 e. The van der Waals surface area contributed by atoms with Gasteiger partial charge in [-0.15, -0.1) is 0 Å². The number of nitro benzene ring substituents is 1. The Morgan fingerprint density at radius 3 is 2.64 bits per heavy atom. The number of amides is 2. The first-order valence-electron chi connectivity index (χ1n) is 7.14. The highest BCUT2D eigenvalue weighted by molar-refractivity contribution is 6.30. The van der Waals surface area contributed by atoms with E-state index in [-0.39, 0.29) is 11.4 Å². The zero-order valence-electron chi connectivity index (χ0n) is 12.6. The van der Waals surface area contributed by atoms with Gasteiger partial charge in [-0.05, 0) is 30.3 Å². The van der Waals surface area contributed by atoms with E-state index in [2.05, 4.69) is 15.6 Å². The highest BCUT2D eigenvalue weighted by Gasteiger charge is 2.24. The fourth-order valence-electron chi connectivity index (χ4n) is 2.21. The van der Waals surface area contributed by atoms with E-state index in [1.807, 2.05) is 0 Å². The van der Waals surface area contributed by atoms with Gasteiger partial charge in [0.05, 0.1) is 16.3 Å². The van der Waals surface area contributed by atoms with Gasteiger partial charge in [-0.2, -0.15) is 0 Å². The van der Waals surface area contributed by atoms with Crippen LogP contribution >= 0.6 is 11.6 Å². The average molecular weight is 359 g/mol. The summed E-state index contributed by atoms with van der Waals surface area (Å²) in [6.45, 7) is 0. The summed E-state index contributed by atoms with van der Waals surface area (Å²) in [6.07, 6.45) is 1.28. The number of halogens is 1. The number of nitro groups is 1. The van der Waals surface area contributed by atoms with Gasteiger partial charge in [0.15, 0.2) is 0 Å². The van der Waals surface area contributed by atoms with E-state index in [0.29, 0.717) is 16.3 Å². The molecule has 1 atom stereocenters. The summed E-state index contributed by atoms with van der Waals surface area (Å²) in [4.78, 5) is 38.9. The predicted molar refractivity (Wildman–Crippen MR) is 92.6 cm³/mol. The van der Waals surface area contributed by atoms with Crippen LogP contribution in [0.4, 0.5) is 17.1 Å². The molecule has 0 unspecified atom stereocenters. The standard InChI is InChI=1S/C16H11ClN4O4/c17-10-3-1-9(2-4-10)15(22)20-14-8-18-12-6-5-11(21(24)25)7-13(12)19-16(14)23/h1-8,14H,(H,19,23)(H,20,22)/t14-/m1/s1. The van der Waals surface area contributed by atoms with Crippen LogP contribution in [0.5, 0.6) is 0 Å². The molecule has 1 aliphatic heterocycles. The molecule has 0 aliphatic carbocycles. The minimum absolute atomic E-state index is 0.169. The Bertz CT molecular complexity index is 896. The van der Waals surface area contributed by atoms with Gasteiger partial charge >= 0.3 is 0 Å². The molecule has 0 bridgehead atoms. The quantitative estimate of drug-likeness (QED) is 0.648. The molecule has 0 spiro atoms. The van der Waals surface area contributed by atoms with E-state index in [0.717, 1.165) is 0 Å². The van der Waals surface area contributed by atoms with Crippen molar-refractivity contribution in [2.24, 2.45) is 4.99 Å². The molecular weight excluding hydrogens is 348 g/mol. The number of fused-ring (bicyclic) bond motifs is 1. The van der Waals surface area contributed by atoms with Crippen LogP contribution in [0.2, 0.25) is 5.02 Å². The highest BCUT2D eigenvalue weighted by atomic mass is 35.5. The van der Waals surface area contributed by atoms with Crippen LogP contribution in [0, 0.1) is 10.1 Å². The normalized spacial score (nSPS) is 15.7. The van der Waals surface area contributed by atoms with Gasteiger partial charge in [0.25, 0.3) is 17.5 Å². The number of nitrogens with zero attached hydrogens (tertiary/aromatic N) is 2. The Morgan fingerprint density at radius 2 is 1.96 bits per heavy atom. The molecule has 126 valence electrons. The Kier molecular flexibility index (Phi) is 4.44. The van der Waals surface area contributed by atoms with Crippen molar-refractivity contribution in [1.82, 2.24) is 5.32 Å². The summed E-state index contributed by atoms with van der Waals surface area (Å²) in [6, 6.07) is 9.09. The van der Waals surface area contributed by atoms with Gasteiger partial charge in [0.1, 0.15) is 6.04 Å². The van der Waals surface area contributed by atoms with Gasteiger partial charge in [-0.1, -0.05) is 11.6 Å². The van der Waals surface area contributed by atoms with Gasteiger partial charge in [0.2, 0.25) is 0 Å². The number of non-ortho nitro benzene ring substituents is 1. The maximum absolute atomic E-state index is 12.3. The first-order chi connectivity index (χ1) is 11.9. The molecule has 8 nitrogen and oxygen atoms in total. The number of hydrogen-bond donors (Lipinski definition) is 2. The van der Waals surface area contributed by atoms with Crippen LogP contribution < -0.4 is 10.6 Å². The molecule has 2 aromatic carbocycles. The summed E-state index contributed by atoms with van der Waals surface area (Å²) >= 11 is 5.77. The lowest BCUT2D eigenvalue weighted by Gasteiger charge is -2.12. The van der Waals surface area contributed by atoms with Crippen molar-refractivity contribution in [3.63, 3.8) is 0 Å². The summed E-state index contributed by atoms with van der Waals surface area (Å²) in [7, 11) is 0. The molecule has 0 saturated carbocycles. The largest absolute Gasteiger partial charge is 0.336 e. The van der Waals surface area contributed by atoms with Crippen molar-refractivity contribution >= 4 is 46.7 Å². The second-order valence-corrected chi connectivity index (χ2v) is 5.62. The number of carbonyl (C=O) groups excluding carboxylic acids is 2. The molecule has 3 rings (SSSR count). The molecule has 0 aromatic heterocycles. The van der Waals surface area contributed by atoms with Crippen LogP contribution in [0.1, 0.15) is 10.4 Å². The van der Waals surface area contributed by atoms with Gasteiger partial charge in [-0.25, -0.2) is 0 Å². The molecule has 1 heterocycles. The van der Waals surface area contributed by atoms with Crippen molar-refractivity contribution in [2.75, 3.05) is 5.32 Å². The Balaban J connectivity index is 1.79. The SMILES string of the molecule is O=C(N[C@@H]1C=Nc2ccc([N+](=O)[O-])cc2NC1=O)c1ccc(Cl)cc1. The summed E-state index contributed by atoms with van der Waals surface area (Å²) in [5.74, 6) is -1.02. The fraction of sp³-hybridized carbons (Fsp3) is 0.0625. The van der Waals surface area contributed by atoms with Crippen molar-refractivity contribution < 1.29 is 14.5 Å². The van der Waals surface area contributed by atoms with E-state index in [1.54, 1.807) is 12.1 Å². The molecule has 2 amide bonds. The third-order valence-corrected chi connectivity index (χ3v) is 3.74. The maximum atomic E-state index is 12.3. The lowest BCUT2D eigenvalue weighted by atomic mass is 10.2. The van der Waals surface area contributed by atoms with Crippen molar-refractivity contribution in [3.8, 4) is 0 Å². The third-order valence-electron chi connectivity index (χ3n) is 3.49. The first kappa shape index (κ1) is 16.6. The number of hydrogen-bond acceptors (Lipinski definition) is 5. The zero-order valence-corrected chi connectivity index (χ0v) is 13.4. The molecule has 2 N–H and O–H groups in total. The number of nitrogens with one attached hydrogen (secondary N) is 2. The molecular formula is C16H11ClN4O4. The molecule has 25 heavy (non-hydrogen) atoms. The molecule has 9 heteroatoms. The zero-order chi connectivity index (χ0) is 18.0. The minimum Gasteiger partial charge on any atom is -0.336 e. The maximum Gasteiger partial charge on any atom is 0.271 e. The summed E-state index contributed by atoms with van der Waals surface area (Å²) in [5.41, 5.74) is 0.738. The molecule has 0 saturated heterocycles. The minimum atomic E-state index is -1.02. The monoisotopic (exact) mass is 358 g/mol.